The van der Waals surface area contributed by atoms with Gasteiger partial charge >= 0.3 is 0 Å². The lowest BCUT2D eigenvalue weighted by Gasteiger charge is -2.15. The molecule has 0 aromatic heterocycles. The van der Waals surface area contributed by atoms with Crippen molar-refractivity contribution in [2.45, 2.75) is 12.5 Å². The van der Waals surface area contributed by atoms with Crippen LogP contribution in [0.3, 0.4) is 0 Å². The Balaban J connectivity index is 2.16. The molecule has 1 aromatic carbocycles. The molecule has 16 heavy (non-hydrogen) atoms. The quantitative estimate of drug-likeness (QED) is 0.840. The Morgan fingerprint density at radius 1 is 1.56 bits per heavy atom. The van der Waals surface area contributed by atoms with Crippen LogP contribution in [0.15, 0.2) is 18.2 Å². The first-order valence-electron chi connectivity index (χ1n) is 5.26. The summed E-state index contributed by atoms with van der Waals surface area (Å²) < 4.78 is 10.5. The van der Waals surface area contributed by atoms with Crippen molar-refractivity contribution in [1.29, 1.82) is 5.26 Å². The summed E-state index contributed by atoms with van der Waals surface area (Å²) in [4.78, 5) is 0. The van der Waals surface area contributed by atoms with E-state index < -0.39 is 0 Å². The highest BCUT2D eigenvalue weighted by Crippen LogP contribution is 2.27. The van der Waals surface area contributed by atoms with Gasteiger partial charge in [0.25, 0.3) is 0 Å². The van der Waals surface area contributed by atoms with E-state index >= 15 is 0 Å². The van der Waals surface area contributed by atoms with E-state index in [0.717, 1.165) is 25.3 Å². The Morgan fingerprint density at radius 2 is 2.44 bits per heavy atom. The molecule has 0 spiro atoms. The van der Waals surface area contributed by atoms with Crippen molar-refractivity contribution >= 4 is 5.69 Å². The summed E-state index contributed by atoms with van der Waals surface area (Å²) in [7, 11) is 1.60. The van der Waals surface area contributed by atoms with Crippen molar-refractivity contribution in [3.05, 3.63) is 23.8 Å². The molecule has 4 nitrogen and oxygen atoms in total. The maximum absolute atomic E-state index is 8.79. The molecule has 1 atom stereocenters. The molecule has 0 amide bonds. The van der Waals surface area contributed by atoms with E-state index in [9.17, 15) is 0 Å². The molecule has 2 rings (SSSR count). The van der Waals surface area contributed by atoms with Crippen LogP contribution in [0.2, 0.25) is 0 Å². The van der Waals surface area contributed by atoms with Gasteiger partial charge in [-0.2, -0.15) is 5.26 Å². The Bertz CT molecular complexity index is 406. The number of ether oxygens (including phenoxy) is 2. The highest BCUT2D eigenvalue weighted by Gasteiger charge is 2.16. The molecule has 1 aliphatic rings. The third-order valence-corrected chi connectivity index (χ3v) is 2.62. The predicted molar refractivity (Wildman–Crippen MR) is 60.6 cm³/mol. The lowest BCUT2D eigenvalue weighted by Crippen LogP contribution is -2.19. The summed E-state index contributed by atoms with van der Waals surface area (Å²) >= 11 is 0. The van der Waals surface area contributed by atoms with Gasteiger partial charge < -0.3 is 14.8 Å². The average Bonchev–Trinajstić information content (AvgIpc) is 2.82. The Morgan fingerprint density at radius 3 is 3.06 bits per heavy atom. The smallest absolute Gasteiger partial charge is 0.143 e. The summed E-state index contributed by atoms with van der Waals surface area (Å²) in [5, 5.41) is 12.1. The molecule has 0 bridgehead atoms. The highest BCUT2D eigenvalue weighted by molar-refractivity contribution is 5.60. The monoisotopic (exact) mass is 218 g/mol. The van der Waals surface area contributed by atoms with Crippen molar-refractivity contribution in [1.82, 2.24) is 0 Å². The number of nitrogens with zero attached hydrogens (tertiary/aromatic N) is 1. The lowest BCUT2D eigenvalue weighted by molar-refractivity contribution is 0.195. The van der Waals surface area contributed by atoms with Gasteiger partial charge in [-0.25, -0.2) is 0 Å². The first-order chi connectivity index (χ1) is 7.83. The number of rotatable bonds is 3. The normalized spacial score (nSPS) is 19.1. The van der Waals surface area contributed by atoms with E-state index in [-0.39, 0.29) is 0 Å². The van der Waals surface area contributed by atoms with Gasteiger partial charge in [-0.15, -0.1) is 0 Å². The number of benzene rings is 1. The van der Waals surface area contributed by atoms with Crippen LogP contribution >= 0.6 is 0 Å². The molecule has 1 unspecified atom stereocenters. The number of anilines is 1. The van der Waals surface area contributed by atoms with Crippen molar-refractivity contribution in [2.75, 3.05) is 25.6 Å². The SMILES string of the molecule is COc1cc(C#N)ccc1NC1CCOC1. The molecular formula is C12H14N2O2. The fraction of sp³-hybridized carbons (Fsp3) is 0.417. The number of methoxy groups -OCH3 is 1. The van der Waals surface area contributed by atoms with Crippen molar-refractivity contribution in [3.8, 4) is 11.8 Å². The maximum atomic E-state index is 8.79. The van der Waals surface area contributed by atoms with E-state index in [1.54, 1.807) is 19.2 Å². The van der Waals surface area contributed by atoms with Gasteiger partial charge in [0.2, 0.25) is 0 Å². The minimum atomic E-state index is 0.335. The second kappa shape index (κ2) is 4.86. The fourth-order valence-electron chi connectivity index (χ4n) is 1.75. The minimum Gasteiger partial charge on any atom is -0.495 e. The largest absolute Gasteiger partial charge is 0.495 e. The van der Waals surface area contributed by atoms with Crippen LogP contribution in [0.25, 0.3) is 0 Å². The molecule has 1 fully saturated rings. The van der Waals surface area contributed by atoms with E-state index in [4.69, 9.17) is 14.7 Å². The Hall–Kier alpha value is -1.73. The molecule has 1 heterocycles. The van der Waals surface area contributed by atoms with Crippen LogP contribution in [0.4, 0.5) is 5.69 Å². The van der Waals surface area contributed by atoms with E-state index in [0.29, 0.717) is 17.4 Å². The molecule has 1 saturated heterocycles. The van der Waals surface area contributed by atoms with Crippen LogP contribution in [-0.2, 0) is 4.74 Å². The Kier molecular flexibility index (Phi) is 3.28. The molecule has 0 aliphatic carbocycles. The Labute approximate surface area is 94.8 Å². The highest BCUT2D eigenvalue weighted by atomic mass is 16.5. The van der Waals surface area contributed by atoms with Crippen LogP contribution in [0.5, 0.6) is 5.75 Å². The van der Waals surface area contributed by atoms with Crippen molar-refractivity contribution in [2.24, 2.45) is 0 Å². The van der Waals surface area contributed by atoms with Gasteiger partial charge in [0.1, 0.15) is 5.75 Å². The first-order valence-corrected chi connectivity index (χ1v) is 5.26. The number of hydrogen-bond donors (Lipinski definition) is 1. The predicted octanol–water partition coefficient (Wildman–Crippen LogP) is 1.77. The molecule has 0 saturated carbocycles. The molecule has 1 aliphatic heterocycles. The molecule has 1 N–H and O–H groups in total. The van der Waals surface area contributed by atoms with Gasteiger partial charge in [-0.05, 0) is 18.6 Å². The zero-order valence-electron chi connectivity index (χ0n) is 9.19. The summed E-state index contributed by atoms with van der Waals surface area (Å²) in [6.07, 6.45) is 1.00. The third kappa shape index (κ3) is 2.26. The third-order valence-electron chi connectivity index (χ3n) is 2.62. The van der Waals surface area contributed by atoms with Gasteiger partial charge in [0.05, 0.1) is 37.1 Å². The minimum absolute atomic E-state index is 0.335. The van der Waals surface area contributed by atoms with E-state index in [1.807, 2.05) is 6.07 Å². The zero-order valence-corrected chi connectivity index (χ0v) is 9.19. The lowest BCUT2D eigenvalue weighted by atomic mass is 10.2. The number of nitrogens with one attached hydrogen (secondary N) is 1. The summed E-state index contributed by atoms with van der Waals surface area (Å²) in [6, 6.07) is 7.81. The first kappa shape index (κ1) is 10.8. The summed E-state index contributed by atoms with van der Waals surface area (Å²) in [5.74, 6) is 0.700. The second-order valence-corrected chi connectivity index (χ2v) is 3.73. The summed E-state index contributed by atoms with van der Waals surface area (Å²) in [5.41, 5.74) is 1.52. The zero-order chi connectivity index (χ0) is 11.4. The van der Waals surface area contributed by atoms with Crippen molar-refractivity contribution in [3.63, 3.8) is 0 Å². The summed E-state index contributed by atoms with van der Waals surface area (Å²) in [6.45, 7) is 1.53. The van der Waals surface area contributed by atoms with Crippen LogP contribution < -0.4 is 10.1 Å². The molecular weight excluding hydrogens is 204 g/mol. The van der Waals surface area contributed by atoms with E-state index in [1.165, 1.54) is 0 Å². The number of nitriles is 1. The van der Waals surface area contributed by atoms with Gasteiger partial charge in [0.15, 0.2) is 0 Å². The van der Waals surface area contributed by atoms with Gasteiger partial charge in [0, 0.05) is 12.7 Å². The van der Waals surface area contributed by atoms with Crippen LogP contribution in [0, 0.1) is 11.3 Å². The maximum Gasteiger partial charge on any atom is 0.143 e. The van der Waals surface area contributed by atoms with Crippen molar-refractivity contribution < 1.29 is 9.47 Å². The van der Waals surface area contributed by atoms with E-state index in [2.05, 4.69) is 11.4 Å². The molecule has 0 radical (unpaired) electrons. The fourth-order valence-corrected chi connectivity index (χ4v) is 1.75. The molecule has 4 heteroatoms. The second-order valence-electron chi connectivity index (χ2n) is 3.73. The van der Waals surface area contributed by atoms with Crippen LogP contribution in [0.1, 0.15) is 12.0 Å². The molecule has 84 valence electrons. The number of hydrogen-bond acceptors (Lipinski definition) is 4. The topological polar surface area (TPSA) is 54.3 Å². The standard InChI is InChI=1S/C12H14N2O2/c1-15-12-6-9(7-13)2-3-11(12)14-10-4-5-16-8-10/h2-3,6,10,14H,4-5,8H2,1H3. The average molecular weight is 218 g/mol. The molecule has 1 aromatic rings. The van der Waals surface area contributed by atoms with Gasteiger partial charge in [-0.1, -0.05) is 0 Å². The van der Waals surface area contributed by atoms with Crippen LogP contribution in [-0.4, -0.2) is 26.4 Å². The van der Waals surface area contributed by atoms with Gasteiger partial charge in [-0.3, -0.25) is 0 Å².